The van der Waals surface area contributed by atoms with Crippen LogP contribution in [-0.2, 0) is 11.8 Å². The average molecular weight is 306 g/mol. The first-order valence-electron chi connectivity index (χ1n) is 8.32. The highest BCUT2D eigenvalue weighted by molar-refractivity contribution is 5.36. The van der Waals surface area contributed by atoms with Crippen molar-refractivity contribution < 1.29 is 4.74 Å². The lowest BCUT2D eigenvalue weighted by Gasteiger charge is -2.34. The first-order valence-corrected chi connectivity index (χ1v) is 8.32. The minimum absolute atomic E-state index is 0.00687. The Bertz CT molecular complexity index is 539. The molecule has 0 radical (unpaired) electrons. The Hall–Kier alpha value is -1.40. The molecule has 6 nitrogen and oxygen atoms in total. The molecule has 0 aliphatic carbocycles. The molecule has 22 heavy (non-hydrogen) atoms. The number of rotatable bonds is 4. The van der Waals surface area contributed by atoms with Crippen molar-refractivity contribution in [3.8, 4) is 0 Å². The van der Waals surface area contributed by atoms with Crippen LogP contribution in [-0.4, -0.2) is 48.4 Å². The van der Waals surface area contributed by atoms with Gasteiger partial charge in [-0.15, -0.1) is 0 Å². The van der Waals surface area contributed by atoms with Gasteiger partial charge in [0.05, 0.1) is 0 Å². The predicted molar refractivity (Wildman–Crippen MR) is 86.3 cm³/mol. The number of aromatic nitrogens is 2. The van der Waals surface area contributed by atoms with Crippen molar-refractivity contribution >= 4 is 5.82 Å². The number of ether oxygens (including phenoxy) is 1. The van der Waals surface area contributed by atoms with E-state index < -0.39 is 0 Å². The van der Waals surface area contributed by atoms with E-state index >= 15 is 0 Å². The van der Waals surface area contributed by atoms with Gasteiger partial charge in [0, 0.05) is 51.8 Å². The van der Waals surface area contributed by atoms with Gasteiger partial charge in [0.2, 0.25) is 0 Å². The lowest BCUT2D eigenvalue weighted by molar-refractivity contribution is 0.0653. The van der Waals surface area contributed by atoms with Crippen LogP contribution in [0.3, 0.4) is 0 Å². The largest absolute Gasteiger partial charge is 0.381 e. The Balaban J connectivity index is 1.57. The number of aryl methyl sites for hydroxylation is 1. The van der Waals surface area contributed by atoms with Crippen molar-refractivity contribution in [2.45, 2.75) is 31.7 Å². The van der Waals surface area contributed by atoms with Gasteiger partial charge in [-0.3, -0.25) is 4.79 Å². The maximum absolute atomic E-state index is 12.2. The highest BCUT2D eigenvalue weighted by atomic mass is 16.5. The van der Waals surface area contributed by atoms with Crippen LogP contribution in [0.5, 0.6) is 0 Å². The van der Waals surface area contributed by atoms with Gasteiger partial charge in [0.15, 0.2) is 5.82 Å². The summed E-state index contributed by atoms with van der Waals surface area (Å²) in [7, 11) is 1.78. The van der Waals surface area contributed by atoms with Crippen LogP contribution >= 0.6 is 0 Å². The average Bonchev–Trinajstić information content (AvgIpc) is 2.57. The third-order valence-corrected chi connectivity index (χ3v) is 4.76. The van der Waals surface area contributed by atoms with E-state index in [1.165, 1.54) is 6.42 Å². The summed E-state index contributed by atoms with van der Waals surface area (Å²) < 4.78 is 7.01. The van der Waals surface area contributed by atoms with Crippen molar-refractivity contribution in [3.05, 3.63) is 22.7 Å². The van der Waals surface area contributed by atoms with Crippen molar-refractivity contribution in [1.29, 1.82) is 0 Å². The molecule has 1 aromatic heterocycles. The molecule has 0 bridgehead atoms. The minimum atomic E-state index is -0.00687. The summed E-state index contributed by atoms with van der Waals surface area (Å²) in [6.45, 7) is 4.64. The highest BCUT2D eigenvalue weighted by Gasteiger charge is 2.24. The third-order valence-electron chi connectivity index (χ3n) is 4.76. The molecule has 2 fully saturated rings. The molecule has 2 aliphatic rings. The van der Waals surface area contributed by atoms with Crippen LogP contribution in [0.1, 0.15) is 25.7 Å². The van der Waals surface area contributed by atoms with Crippen molar-refractivity contribution in [3.63, 3.8) is 0 Å². The number of hydrogen-bond donors (Lipinski definition) is 1. The topological polar surface area (TPSA) is 59.4 Å². The van der Waals surface area contributed by atoms with Crippen molar-refractivity contribution in [2.24, 2.45) is 13.0 Å². The van der Waals surface area contributed by atoms with Gasteiger partial charge < -0.3 is 19.5 Å². The SMILES string of the molecule is Cn1ccnc(N2CCCC(NCC3CCOCC3)C2)c1=O. The van der Waals surface area contributed by atoms with Crippen molar-refractivity contribution in [1.82, 2.24) is 14.9 Å². The first-order chi connectivity index (χ1) is 10.7. The molecule has 3 rings (SSSR count). The van der Waals surface area contributed by atoms with E-state index in [1.54, 1.807) is 24.0 Å². The Morgan fingerprint density at radius 1 is 1.36 bits per heavy atom. The molecule has 1 N–H and O–H groups in total. The molecule has 0 aromatic carbocycles. The summed E-state index contributed by atoms with van der Waals surface area (Å²) in [4.78, 5) is 18.6. The number of hydrogen-bond acceptors (Lipinski definition) is 5. The fourth-order valence-corrected chi connectivity index (χ4v) is 3.32. The molecular weight excluding hydrogens is 280 g/mol. The van der Waals surface area contributed by atoms with Gasteiger partial charge in [-0.05, 0) is 38.1 Å². The molecule has 122 valence electrons. The second-order valence-electron chi connectivity index (χ2n) is 6.42. The summed E-state index contributed by atoms with van der Waals surface area (Å²) in [5, 5.41) is 3.69. The Morgan fingerprint density at radius 2 is 2.18 bits per heavy atom. The van der Waals surface area contributed by atoms with Gasteiger partial charge in [0.25, 0.3) is 5.56 Å². The normalized spacial score (nSPS) is 23.7. The zero-order valence-electron chi connectivity index (χ0n) is 13.3. The number of nitrogens with one attached hydrogen (secondary N) is 1. The van der Waals surface area contributed by atoms with Crippen LogP contribution in [0.2, 0.25) is 0 Å². The van der Waals surface area contributed by atoms with E-state index in [9.17, 15) is 4.79 Å². The number of piperidine rings is 1. The smallest absolute Gasteiger partial charge is 0.293 e. The quantitative estimate of drug-likeness (QED) is 0.890. The molecule has 0 saturated carbocycles. The van der Waals surface area contributed by atoms with Gasteiger partial charge in [-0.25, -0.2) is 4.98 Å². The van der Waals surface area contributed by atoms with Crippen LogP contribution in [0.4, 0.5) is 5.82 Å². The maximum atomic E-state index is 12.2. The van der Waals surface area contributed by atoms with Crippen molar-refractivity contribution in [2.75, 3.05) is 37.7 Å². The van der Waals surface area contributed by atoms with E-state index in [4.69, 9.17) is 4.74 Å². The molecule has 2 aliphatic heterocycles. The molecular formula is C16H26N4O2. The maximum Gasteiger partial charge on any atom is 0.293 e. The Labute approximate surface area is 131 Å². The number of nitrogens with zero attached hydrogens (tertiary/aromatic N) is 3. The second-order valence-corrected chi connectivity index (χ2v) is 6.42. The summed E-state index contributed by atoms with van der Waals surface area (Å²) in [5.41, 5.74) is -0.00687. The number of anilines is 1. The van der Waals surface area contributed by atoms with Crippen LogP contribution in [0.25, 0.3) is 0 Å². The standard InChI is InChI=1S/C16H26N4O2/c1-19-8-6-17-15(16(19)21)20-7-2-3-14(12-20)18-11-13-4-9-22-10-5-13/h6,8,13-14,18H,2-5,7,9-12H2,1H3. The van der Waals surface area contributed by atoms with Crippen LogP contribution < -0.4 is 15.8 Å². The fourth-order valence-electron chi connectivity index (χ4n) is 3.32. The van der Waals surface area contributed by atoms with E-state index in [0.29, 0.717) is 11.9 Å². The van der Waals surface area contributed by atoms with E-state index in [2.05, 4.69) is 15.2 Å². The lowest BCUT2D eigenvalue weighted by Crippen LogP contribution is -2.49. The molecule has 1 aromatic rings. The lowest BCUT2D eigenvalue weighted by atomic mass is 9.99. The van der Waals surface area contributed by atoms with Crippen LogP contribution in [0.15, 0.2) is 17.2 Å². The highest BCUT2D eigenvalue weighted by Crippen LogP contribution is 2.17. The predicted octanol–water partition coefficient (Wildman–Crippen LogP) is 0.765. The molecule has 3 heterocycles. The Morgan fingerprint density at radius 3 is 3.00 bits per heavy atom. The van der Waals surface area contributed by atoms with E-state index in [-0.39, 0.29) is 5.56 Å². The zero-order chi connectivity index (χ0) is 15.4. The second kappa shape index (κ2) is 7.24. The van der Waals surface area contributed by atoms with Gasteiger partial charge in [-0.2, -0.15) is 0 Å². The monoisotopic (exact) mass is 306 g/mol. The molecule has 6 heteroatoms. The van der Waals surface area contributed by atoms with Crippen LogP contribution in [0, 0.1) is 5.92 Å². The first kappa shape index (κ1) is 15.5. The molecule has 0 amide bonds. The molecule has 2 saturated heterocycles. The molecule has 0 spiro atoms. The molecule has 1 unspecified atom stereocenters. The van der Waals surface area contributed by atoms with Gasteiger partial charge in [-0.1, -0.05) is 0 Å². The Kier molecular flexibility index (Phi) is 5.10. The summed E-state index contributed by atoms with van der Waals surface area (Å²) in [5.74, 6) is 1.31. The fraction of sp³-hybridized carbons (Fsp3) is 0.750. The zero-order valence-corrected chi connectivity index (χ0v) is 13.3. The molecule has 1 atom stereocenters. The van der Waals surface area contributed by atoms with Gasteiger partial charge >= 0.3 is 0 Å². The summed E-state index contributed by atoms with van der Waals surface area (Å²) >= 11 is 0. The third kappa shape index (κ3) is 3.67. The summed E-state index contributed by atoms with van der Waals surface area (Å²) in [6.07, 6.45) is 8.00. The minimum Gasteiger partial charge on any atom is -0.381 e. The summed E-state index contributed by atoms with van der Waals surface area (Å²) in [6, 6.07) is 0.448. The van der Waals surface area contributed by atoms with E-state index in [0.717, 1.165) is 58.0 Å². The van der Waals surface area contributed by atoms with E-state index in [1.807, 2.05) is 0 Å². The van der Waals surface area contributed by atoms with Gasteiger partial charge in [0.1, 0.15) is 0 Å².